The van der Waals surface area contributed by atoms with Gasteiger partial charge < -0.3 is 10.1 Å². The quantitative estimate of drug-likeness (QED) is 0.911. The molecule has 1 unspecified atom stereocenters. The average Bonchev–Trinajstić information content (AvgIpc) is 2.36. The molecule has 1 aromatic rings. The Morgan fingerprint density at radius 2 is 2.30 bits per heavy atom. The molecule has 0 saturated carbocycles. The molecule has 1 amide bonds. The Morgan fingerprint density at radius 3 is 2.95 bits per heavy atom. The first kappa shape index (κ1) is 15.3. The monoisotopic (exact) mass is 348 g/mol. The third-order valence-corrected chi connectivity index (χ3v) is 3.75. The summed E-state index contributed by atoms with van der Waals surface area (Å²) >= 11 is 3.04. The van der Waals surface area contributed by atoms with Crippen LogP contribution < -0.4 is 5.32 Å². The van der Waals surface area contributed by atoms with Gasteiger partial charge in [0.15, 0.2) is 5.82 Å². The van der Waals surface area contributed by atoms with E-state index in [0.717, 1.165) is 12.1 Å². The third kappa shape index (κ3) is 3.74. The molecular weight excluding hydrogens is 334 g/mol. The number of nitrogens with one attached hydrogen (secondary N) is 1. The van der Waals surface area contributed by atoms with Gasteiger partial charge in [-0.05, 0) is 28.9 Å². The highest BCUT2D eigenvalue weighted by atomic mass is 79.9. The van der Waals surface area contributed by atoms with E-state index in [9.17, 15) is 13.6 Å². The fourth-order valence-electron chi connectivity index (χ4n) is 2.02. The van der Waals surface area contributed by atoms with Crippen molar-refractivity contribution in [2.45, 2.75) is 13.0 Å². The minimum Gasteiger partial charge on any atom is -0.379 e. The lowest BCUT2D eigenvalue weighted by atomic mass is 10.2. The van der Waals surface area contributed by atoms with Crippen molar-refractivity contribution in [1.82, 2.24) is 4.90 Å². The predicted octanol–water partition coefficient (Wildman–Crippen LogP) is 2.39. The van der Waals surface area contributed by atoms with Gasteiger partial charge in [0.1, 0.15) is 5.82 Å². The molecule has 1 fully saturated rings. The van der Waals surface area contributed by atoms with E-state index in [4.69, 9.17) is 4.74 Å². The smallest absolute Gasteiger partial charge is 0.238 e. The molecule has 1 heterocycles. The van der Waals surface area contributed by atoms with Crippen LogP contribution in [-0.4, -0.2) is 43.2 Å². The van der Waals surface area contributed by atoms with Crippen LogP contribution in [0.15, 0.2) is 16.6 Å². The van der Waals surface area contributed by atoms with Crippen molar-refractivity contribution in [3.8, 4) is 0 Å². The Morgan fingerprint density at radius 1 is 1.55 bits per heavy atom. The number of hydrogen-bond donors (Lipinski definition) is 1. The first-order chi connectivity index (χ1) is 9.47. The number of ether oxygens (including phenoxy) is 1. The van der Waals surface area contributed by atoms with Gasteiger partial charge in [-0.3, -0.25) is 9.69 Å². The molecule has 1 saturated heterocycles. The minimum atomic E-state index is -0.805. The average molecular weight is 349 g/mol. The van der Waals surface area contributed by atoms with Crippen molar-refractivity contribution in [2.75, 3.05) is 31.6 Å². The summed E-state index contributed by atoms with van der Waals surface area (Å²) in [7, 11) is 0. The summed E-state index contributed by atoms with van der Waals surface area (Å²) in [5.74, 6) is -1.85. The van der Waals surface area contributed by atoms with Gasteiger partial charge in [-0.15, -0.1) is 0 Å². The van der Waals surface area contributed by atoms with E-state index >= 15 is 0 Å². The zero-order valence-electron chi connectivity index (χ0n) is 11.0. The van der Waals surface area contributed by atoms with Crippen LogP contribution in [0.1, 0.15) is 6.92 Å². The molecule has 1 aromatic carbocycles. The van der Waals surface area contributed by atoms with Gasteiger partial charge in [-0.2, -0.15) is 0 Å². The number of nitrogens with zero attached hydrogens (tertiary/aromatic N) is 1. The normalized spacial score (nSPS) is 19.9. The van der Waals surface area contributed by atoms with Crippen LogP contribution in [0.25, 0.3) is 0 Å². The fraction of sp³-hybridized carbons (Fsp3) is 0.462. The van der Waals surface area contributed by atoms with Gasteiger partial charge in [0.2, 0.25) is 5.91 Å². The van der Waals surface area contributed by atoms with Gasteiger partial charge in [0.25, 0.3) is 0 Å². The van der Waals surface area contributed by atoms with E-state index < -0.39 is 11.6 Å². The van der Waals surface area contributed by atoms with Crippen molar-refractivity contribution < 1.29 is 18.3 Å². The number of anilines is 1. The molecule has 7 heteroatoms. The minimum absolute atomic E-state index is 0.0442. The Labute approximate surface area is 124 Å². The molecule has 110 valence electrons. The van der Waals surface area contributed by atoms with Crippen LogP contribution in [0.2, 0.25) is 0 Å². The van der Waals surface area contributed by atoms with Crippen molar-refractivity contribution >= 4 is 27.5 Å². The van der Waals surface area contributed by atoms with Gasteiger partial charge in [-0.25, -0.2) is 8.78 Å². The van der Waals surface area contributed by atoms with E-state index in [1.807, 2.05) is 11.8 Å². The molecule has 0 bridgehead atoms. The van der Waals surface area contributed by atoms with Gasteiger partial charge in [0.05, 0.1) is 25.4 Å². The molecule has 4 nitrogen and oxygen atoms in total. The number of carbonyl (C=O) groups excluding carboxylic acids is 1. The summed E-state index contributed by atoms with van der Waals surface area (Å²) in [6.07, 6.45) is 0. The van der Waals surface area contributed by atoms with Crippen molar-refractivity contribution in [1.29, 1.82) is 0 Å². The summed E-state index contributed by atoms with van der Waals surface area (Å²) < 4.78 is 32.0. The molecule has 1 N–H and O–H groups in total. The summed E-state index contributed by atoms with van der Waals surface area (Å²) in [5, 5.41) is 2.46. The van der Waals surface area contributed by atoms with E-state index in [1.54, 1.807) is 0 Å². The lowest BCUT2D eigenvalue weighted by Crippen LogP contribution is -2.47. The van der Waals surface area contributed by atoms with Gasteiger partial charge >= 0.3 is 0 Å². The first-order valence-corrected chi connectivity index (χ1v) is 7.03. The van der Waals surface area contributed by atoms with Gasteiger partial charge in [-0.1, -0.05) is 0 Å². The highest BCUT2D eigenvalue weighted by molar-refractivity contribution is 9.10. The summed E-state index contributed by atoms with van der Waals surface area (Å²) in [6.45, 7) is 3.91. The van der Waals surface area contributed by atoms with Crippen LogP contribution in [0, 0.1) is 11.6 Å². The number of halogens is 3. The molecule has 0 radical (unpaired) electrons. The van der Waals surface area contributed by atoms with Crippen LogP contribution in [-0.2, 0) is 9.53 Å². The maximum atomic E-state index is 13.6. The number of carbonyl (C=O) groups is 1. The Hall–Kier alpha value is -1.05. The SMILES string of the molecule is CC1COCCN1CC(=O)Nc1c(F)cc(F)cc1Br. The standard InChI is InChI=1S/C13H15BrF2N2O2/c1-8-7-20-3-2-18(8)6-12(19)17-13-10(14)4-9(15)5-11(13)16/h4-5,8H,2-3,6-7H2,1H3,(H,17,19). The summed E-state index contributed by atoms with van der Waals surface area (Å²) in [4.78, 5) is 13.9. The van der Waals surface area contributed by atoms with E-state index in [0.29, 0.717) is 19.8 Å². The molecule has 0 aromatic heterocycles. The second-order valence-corrected chi connectivity index (χ2v) is 5.54. The topological polar surface area (TPSA) is 41.6 Å². The molecule has 0 spiro atoms. The largest absolute Gasteiger partial charge is 0.379 e. The van der Waals surface area contributed by atoms with Crippen molar-refractivity contribution in [2.24, 2.45) is 0 Å². The van der Waals surface area contributed by atoms with E-state index in [1.165, 1.54) is 0 Å². The Balaban J connectivity index is 2.01. The van der Waals surface area contributed by atoms with Crippen LogP contribution in [0.4, 0.5) is 14.5 Å². The first-order valence-electron chi connectivity index (χ1n) is 6.23. The van der Waals surface area contributed by atoms with Gasteiger partial charge in [0, 0.05) is 23.1 Å². The molecular formula is C13H15BrF2N2O2. The Kier molecular flexibility index (Phi) is 5.06. The number of hydrogen-bond acceptors (Lipinski definition) is 3. The zero-order valence-corrected chi connectivity index (χ0v) is 12.5. The maximum Gasteiger partial charge on any atom is 0.238 e. The van der Waals surface area contributed by atoms with Crippen LogP contribution >= 0.6 is 15.9 Å². The predicted molar refractivity (Wildman–Crippen MR) is 74.5 cm³/mol. The molecule has 20 heavy (non-hydrogen) atoms. The van der Waals surface area contributed by atoms with E-state index in [2.05, 4.69) is 21.2 Å². The zero-order chi connectivity index (χ0) is 14.7. The Bertz CT molecular complexity index is 490. The van der Waals surface area contributed by atoms with Crippen LogP contribution in [0.3, 0.4) is 0 Å². The molecule has 1 atom stereocenters. The van der Waals surface area contributed by atoms with Crippen molar-refractivity contribution in [3.63, 3.8) is 0 Å². The lowest BCUT2D eigenvalue weighted by Gasteiger charge is -2.32. The lowest BCUT2D eigenvalue weighted by molar-refractivity contribution is -0.119. The number of rotatable bonds is 3. The highest BCUT2D eigenvalue weighted by Gasteiger charge is 2.22. The fourth-order valence-corrected chi connectivity index (χ4v) is 2.53. The summed E-state index contributed by atoms with van der Waals surface area (Å²) in [6, 6.07) is 1.98. The second kappa shape index (κ2) is 6.60. The number of amides is 1. The molecule has 1 aliphatic rings. The molecule has 2 rings (SSSR count). The van der Waals surface area contributed by atoms with Crippen molar-refractivity contribution in [3.05, 3.63) is 28.2 Å². The van der Waals surface area contributed by atoms with Crippen LogP contribution in [0.5, 0.6) is 0 Å². The second-order valence-electron chi connectivity index (χ2n) is 4.69. The van der Waals surface area contributed by atoms with E-state index in [-0.39, 0.29) is 28.7 Å². The molecule has 1 aliphatic heterocycles. The maximum absolute atomic E-state index is 13.6. The number of benzene rings is 1. The molecule has 0 aliphatic carbocycles. The summed E-state index contributed by atoms with van der Waals surface area (Å²) in [5.41, 5.74) is -0.0442. The highest BCUT2D eigenvalue weighted by Crippen LogP contribution is 2.26. The third-order valence-electron chi connectivity index (χ3n) is 3.12. The number of morpholine rings is 1.